The lowest BCUT2D eigenvalue weighted by atomic mass is 9.75. The largest absolute Gasteiger partial charge is 0.369 e. The first-order valence-electron chi connectivity index (χ1n) is 14.2. The minimum atomic E-state index is -2.97. The number of hydrogen-bond donors (Lipinski definition) is 1. The number of amides is 1. The van der Waals surface area contributed by atoms with Crippen molar-refractivity contribution in [1.82, 2.24) is 15.1 Å². The van der Waals surface area contributed by atoms with Gasteiger partial charge < -0.3 is 10.2 Å². The Labute approximate surface area is 240 Å². The summed E-state index contributed by atoms with van der Waals surface area (Å²) in [5.74, 6) is -0.148. The second-order valence-electron chi connectivity index (χ2n) is 11.4. The molecule has 2 unspecified atom stereocenters. The Morgan fingerprint density at radius 1 is 1.00 bits per heavy atom. The molecule has 3 aromatic rings. The van der Waals surface area contributed by atoms with Crippen molar-refractivity contribution in [2.24, 2.45) is 5.92 Å². The smallest absolute Gasteiger partial charge is 0.225 e. The average Bonchev–Trinajstić information content (AvgIpc) is 3.63. The van der Waals surface area contributed by atoms with E-state index in [0.29, 0.717) is 31.5 Å². The predicted octanol–water partition coefficient (Wildman–Crippen LogP) is 4.09. The van der Waals surface area contributed by atoms with Crippen LogP contribution in [0.5, 0.6) is 0 Å². The first kappa shape index (κ1) is 27.0. The third kappa shape index (κ3) is 5.57. The van der Waals surface area contributed by atoms with Gasteiger partial charge in [0.25, 0.3) is 0 Å². The number of aromatic nitrogens is 2. The second-order valence-corrected chi connectivity index (χ2v) is 13.7. The summed E-state index contributed by atoms with van der Waals surface area (Å²) in [7, 11) is -2.97. The molecule has 2 saturated carbocycles. The van der Waals surface area contributed by atoms with Gasteiger partial charge in [-0.15, -0.1) is 0 Å². The zero-order valence-electron chi connectivity index (χ0n) is 22.8. The van der Waals surface area contributed by atoms with Crippen LogP contribution < -0.4 is 10.2 Å². The fourth-order valence-corrected chi connectivity index (χ4v) is 7.25. The second kappa shape index (κ2) is 10.7. The van der Waals surface area contributed by atoms with Gasteiger partial charge in [0.05, 0.1) is 40.6 Å². The summed E-state index contributed by atoms with van der Waals surface area (Å²) < 4.78 is 25.6. The molecular weight excluding hydrogens is 536 g/mol. The Kier molecular flexibility index (Phi) is 7.04. The van der Waals surface area contributed by atoms with Crippen LogP contribution in [0.3, 0.4) is 0 Å². The molecule has 1 saturated heterocycles. The zero-order valence-corrected chi connectivity index (χ0v) is 23.6. The predicted molar refractivity (Wildman–Crippen MR) is 155 cm³/mol. The molecule has 2 aromatic carbocycles. The van der Waals surface area contributed by atoms with E-state index in [1.807, 2.05) is 42.6 Å². The summed E-state index contributed by atoms with van der Waals surface area (Å²) >= 11 is 0. The maximum absolute atomic E-state index is 13.5. The van der Waals surface area contributed by atoms with Crippen LogP contribution in [0.1, 0.15) is 55.7 Å². The molecule has 41 heavy (non-hydrogen) atoms. The SMILES string of the molecule is N#Cc1cccc(-n2cc(-c3ccc(N4CCS(=O)(=O)CC4)cc3)c(C3CCCCC3C(=O)NC3(C#N)CC3)n2)c1. The van der Waals surface area contributed by atoms with Gasteiger partial charge in [0.2, 0.25) is 5.91 Å². The van der Waals surface area contributed by atoms with Crippen molar-refractivity contribution in [2.75, 3.05) is 29.5 Å². The van der Waals surface area contributed by atoms with Crippen LogP contribution in [0.15, 0.2) is 54.7 Å². The van der Waals surface area contributed by atoms with Gasteiger partial charge in [0.15, 0.2) is 9.84 Å². The quantitative estimate of drug-likeness (QED) is 0.474. The molecule has 1 amide bonds. The van der Waals surface area contributed by atoms with Crippen molar-refractivity contribution >= 4 is 21.4 Å². The summed E-state index contributed by atoms with van der Waals surface area (Å²) in [6.45, 7) is 0.951. The van der Waals surface area contributed by atoms with Gasteiger partial charge in [-0.3, -0.25) is 4.79 Å². The number of rotatable bonds is 6. The van der Waals surface area contributed by atoms with Crippen molar-refractivity contribution in [2.45, 2.75) is 50.0 Å². The van der Waals surface area contributed by atoms with E-state index >= 15 is 0 Å². The average molecular weight is 569 g/mol. The van der Waals surface area contributed by atoms with Gasteiger partial charge in [-0.1, -0.05) is 31.0 Å². The first-order chi connectivity index (χ1) is 19.8. The molecule has 1 aromatic heterocycles. The first-order valence-corrected chi connectivity index (χ1v) is 16.0. The van der Waals surface area contributed by atoms with E-state index in [-0.39, 0.29) is 29.2 Å². The minimum absolute atomic E-state index is 0.0730. The summed E-state index contributed by atoms with van der Waals surface area (Å²) in [5.41, 5.74) is 4.27. The van der Waals surface area contributed by atoms with Crippen molar-refractivity contribution in [3.8, 4) is 29.0 Å². The highest BCUT2D eigenvalue weighted by Crippen LogP contribution is 2.43. The highest BCUT2D eigenvalue weighted by atomic mass is 32.2. The molecule has 9 nitrogen and oxygen atoms in total. The fourth-order valence-electron chi connectivity index (χ4n) is 6.05. The minimum Gasteiger partial charge on any atom is -0.369 e. The lowest BCUT2D eigenvalue weighted by Crippen LogP contribution is -2.42. The molecule has 1 N–H and O–H groups in total. The summed E-state index contributed by atoms with van der Waals surface area (Å²) in [6.07, 6.45) is 6.86. The van der Waals surface area contributed by atoms with E-state index in [1.165, 1.54) is 0 Å². The standard InChI is InChI=1S/C31H32N6O3S/c32-19-22-4-3-5-25(18-22)37-20-28(23-8-10-24(11-9-23)36-14-16-41(39,40)17-15-36)29(35-37)26-6-1-2-7-27(26)30(38)34-31(21-33)12-13-31/h3-5,8-11,18,20,26-27H,1-2,6-7,12-17H2,(H,34,38). The number of hydrogen-bond acceptors (Lipinski definition) is 7. The number of carbonyl (C=O) groups is 1. The van der Waals surface area contributed by atoms with Crippen molar-refractivity contribution in [1.29, 1.82) is 10.5 Å². The van der Waals surface area contributed by atoms with Crippen LogP contribution in [0.25, 0.3) is 16.8 Å². The van der Waals surface area contributed by atoms with Crippen molar-refractivity contribution in [3.63, 3.8) is 0 Å². The van der Waals surface area contributed by atoms with Gasteiger partial charge in [0.1, 0.15) is 5.54 Å². The molecule has 0 bridgehead atoms. The molecule has 1 aliphatic heterocycles. The monoisotopic (exact) mass is 568 g/mol. The maximum Gasteiger partial charge on any atom is 0.225 e. The molecular formula is C31H32N6O3S. The van der Waals surface area contributed by atoms with E-state index in [0.717, 1.165) is 53.9 Å². The Bertz CT molecular complexity index is 1650. The van der Waals surface area contributed by atoms with Gasteiger partial charge in [-0.05, 0) is 61.6 Å². The van der Waals surface area contributed by atoms with Gasteiger partial charge >= 0.3 is 0 Å². The summed E-state index contributed by atoms with van der Waals surface area (Å²) in [6, 6.07) is 19.8. The lowest BCUT2D eigenvalue weighted by Gasteiger charge is -2.31. The third-order valence-electron chi connectivity index (χ3n) is 8.65. The number of nitrogens with one attached hydrogen (secondary N) is 1. The van der Waals surface area contributed by atoms with Crippen LogP contribution in [0.4, 0.5) is 5.69 Å². The third-order valence-corrected chi connectivity index (χ3v) is 10.3. The Morgan fingerprint density at radius 3 is 2.41 bits per heavy atom. The number of nitrogens with zero attached hydrogens (tertiary/aromatic N) is 5. The lowest BCUT2D eigenvalue weighted by molar-refractivity contribution is -0.127. The van der Waals surface area contributed by atoms with Gasteiger partial charge in [0, 0.05) is 42.4 Å². The van der Waals surface area contributed by atoms with Gasteiger partial charge in [-0.2, -0.15) is 15.6 Å². The Hall–Kier alpha value is -4.15. The number of benzene rings is 2. The molecule has 0 spiro atoms. The van der Waals surface area contributed by atoms with Crippen LogP contribution in [0, 0.1) is 28.6 Å². The van der Waals surface area contributed by atoms with Crippen molar-refractivity contribution < 1.29 is 13.2 Å². The summed E-state index contributed by atoms with van der Waals surface area (Å²) in [4.78, 5) is 15.6. The van der Waals surface area contributed by atoms with Gasteiger partial charge in [-0.25, -0.2) is 13.1 Å². The molecule has 6 rings (SSSR count). The van der Waals surface area contributed by atoms with E-state index in [4.69, 9.17) is 5.10 Å². The molecule has 210 valence electrons. The molecule has 3 aliphatic rings. The number of carbonyl (C=O) groups excluding carboxylic acids is 1. The van der Waals surface area contributed by atoms with E-state index in [9.17, 15) is 23.7 Å². The maximum atomic E-state index is 13.5. The number of nitriles is 2. The highest BCUT2D eigenvalue weighted by molar-refractivity contribution is 7.91. The molecule has 2 atom stereocenters. The van der Waals surface area contributed by atoms with E-state index < -0.39 is 15.4 Å². The summed E-state index contributed by atoms with van der Waals surface area (Å²) in [5, 5.41) is 27.1. The molecule has 2 heterocycles. The van der Waals surface area contributed by atoms with E-state index in [2.05, 4.69) is 22.4 Å². The molecule has 2 aliphatic carbocycles. The van der Waals surface area contributed by atoms with Crippen molar-refractivity contribution in [3.05, 3.63) is 66.0 Å². The topological polar surface area (TPSA) is 132 Å². The molecule has 3 fully saturated rings. The highest BCUT2D eigenvalue weighted by Gasteiger charge is 2.47. The normalized spacial score (nSPS) is 22.7. The van der Waals surface area contributed by atoms with Crippen LogP contribution in [0.2, 0.25) is 0 Å². The number of sulfone groups is 1. The van der Waals surface area contributed by atoms with Crippen LogP contribution in [-0.2, 0) is 14.6 Å². The number of anilines is 1. The Balaban J connectivity index is 1.36. The molecule has 10 heteroatoms. The molecule has 0 radical (unpaired) electrons. The van der Waals surface area contributed by atoms with Crippen LogP contribution in [-0.4, -0.2) is 54.2 Å². The fraction of sp³-hybridized carbons (Fsp3) is 0.419. The van der Waals surface area contributed by atoms with Crippen LogP contribution >= 0.6 is 0 Å². The zero-order chi connectivity index (χ0) is 28.6. The van der Waals surface area contributed by atoms with E-state index in [1.54, 1.807) is 16.8 Å². The Morgan fingerprint density at radius 2 is 1.73 bits per heavy atom.